The first-order valence-corrected chi connectivity index (χ1v) is 10.2. The van der Waals surface area contributed by atoms with E-state index in [2.05, 4.69) is 0 Å². The Bertz CT molecular complexity index is 1000. The summed E-state index contributed by atoms with van der Waals surface area (Å²) in [5, 5.41) is 8.91. The molecule has 0 spiro atoms. The van der Waals surface area contributed by atoms with Gasteiger partial charge in [-0.1, -0.05) is 0 Å². The molecular weight excluding hydrogens is 409 g/mol. The predicted molar refractivity (Wildman–Crippen MR) is 99.2 cm³/mol. The van der Waals surface area contributed by atoms with Crippen LogP contribution in [-0.2, 0) is 16.3 Å². The van der Waals surface area contributed by atoms with E-state index in [1.807, 2.05) is 6.07 Å². The summed E-state index contributed by atoms with van der Waals surface area (Å²) in [5.41, 5.74) is 0.299. The average molecular weight is 426 g/mol. The SMILES string of the molecule is N#Cc1ccc(N2C[C@H](Oc3ccc(C(F)(F)F)cc3)C[C@H]2CS(=O)(=O)O)cc1. The quantitative estimate of drug-likeness (QED) is 0.736. The third-order valence-corrected chi connectivity index (χ3v) is 5.40. The third kappa shape index (κ3) is 5.40. The summed E-state index contributed by atoms with van der Waals surface area (Å²) in [4.78, 5) is 1.74. The second-order valence-corrected chi connectivity index (χ2v) is 8.21. The number of ether oxygens (including phenoxy) is 1. The van der Waals surface area contributed by atoms with Gasteiger partial charge in [-0.25, -0.2) is 0 Å². The molecule has 10 heteroatoms. The molecule has 0 radical (unpaired) electrons. The van der Waals surface area contributed by atoms with Crippen molar-refractivity contribution in [2.45, 2.75) is 24.7 Å². The van der Waals surface area contributed by atoms with Crippen molar-refractivity contribution in [3.05, 3.63) is 59.7 Å². The zero-order chi connectivity index (χ0) is 21.2. The summed E-state index contributed by atoms with van der Waals surface area (Å²) < 4.78 is 75.8. The van der Waals surface area contributed by atoms with Crippen LogP contribution >= 0.6 is 0 Å². The third-order valence-electron chi connectivity index (χ3n) is 4.59. The van der Waals surface area contributed by atoms with Crippen LogP contribution in [0.4, 0.5) is 18.9 Å². The number of anilines is 1. The lowest BCUT2D eigenvalue weighted by Crippen LogP contribution is -2.35. The summed E-state index contributed by atoms with van der Waals surface area (Å²) in [6.07, 6.45) is -4.69. The summed E-state index contributed by atoms with van der Waals surface area (Å²) in [7, 11) is -4.25. The van der Waals surface area contributed by atoms with Gasteiger partial charge < -0.3 is 9.64 Å². The maximum atomic E-state index is 12.7. The first kappa shape index (κ1) is 21.0. The molecule has 1 N–H and O–H groups in total. The molecule has 29 heavy (non-hydrogen) atoms. The Hall–Kier alpha value is -2.77. The maximum Gasteiger partial charge on any atom is 0.416 e. The standard InChI is InChI=1S/C19H17F3N2O4S/c20-19(21,22)14-3-7-17(8-4-14)28-18-9-16(12-29(25,26)27)24(11-18)15-5-1-13(10-23)2-6-15/h1-8,16,18H,9,11-12H2,(H,25,26,27)/t16-,18+/m0/s1. The smallest absolute Gasteiger partial charge is 0.416 e. The molecule has 154 valence electrons. The highest BCUT2D eigenvalue weighted by atomic mass is 32.2. The topological polar surface area (TPSA) is 90.6 Å². The van der Waals surface area contributed by atoms with Gasteiger partial charge in [0.2, 0.25) is 0 Å². The monoisotopic (exact) mass is 426 g/mol. The highest BCUT2D eigenvalue weighted by Gasteiger charge is 2.36. The summed E-state index contributed by atoms with van der Waals surface area (Å²) >= 11 is 0. The fourth-order valence-electron chi connectivity index (χ4n) is 3.32. The first-order chi connectivity index (χ1) is 13.5. The highest BCUT2D eigenvalue weighted by molar-refractivity contribution is 7.85. The van der Waals surface area contributed by atoms with Crippen molar-refractivity contribution in [3.63, 3.8) is 0 Å². The lowest BCUT2D eigenvalue weighted by Gasteiger charge is -2.25. The predicted octanol–water partition coefficient (Wildman–Crippen LogP) is 3.49. The van der Waals surface area contributed by atoms with E-state index in [1.54, 1.807) is 29.2 Å². The molecule has 1 aliphatic heterocycles. The molecule has 0 bridgehead atoms. The Morgan fingerprint density at radius 2 is 1.76 bits per heavy atom. The van der Waals surface area contributed by atoms with E-state index >= 15 is 0 Å². The molecule has 0 aliphatic carbocycles. The van der Waals surface area contributed by atoms with Gasteiger partial charge in [0, 0.05) is 18.2 Å². The zero-order valence-corrected chi connectivity index (χ0v) is 15.8. The molecule has 0 saturated carbocycles. The highest BCUT2D eigenvalue weighted by Crippen LogP contribution is 2.32. The van der Waals surface area contributed by atoms with E-state index in [4.69, 9.17) is 10.00 Å². The zero-order valence-electron chi connectivity index (χ0n) is 15.0. The Balaban J connectivity index is 1.78. The second kappa shape index (κ2) is 7.93. The first-order valence-electron chi connectivity index (χ1n) is 8.61. The second-order valence-electron chi connectivity index (χ2n) is 6.71. The molecule has 2 aromatic carbocycles. The van der Waals surface area contributed by atoms with Crippen LogP contribution in [0.5, 0.6) is 5.75 Å². The molecule has 6 nitrogen and oxygen atoms in total. The van der Waals surface area contributed by atoms with E-state index in [0.29, 0.717) is 11.3 Å². The number of nitriles is 1. The van der Waals surface area contributed by atoms with E-state index in [9.17, 15) is 26.1 Å². The number of hydrogen-bond acceptors (Lipinski definition) is 5. The molecule has 0 amide bonds. The minimum absolute atomic E-state index is 0.232. The van der Waals surface area contributed by atoms with Crippen LogP contribution in [0.15, 0.2) is 48.5 Å². The fraction of sp³-hybridized carbons (Fsp3) is 0.316. The van der Waals surface area contributed by atoms with Crippen molar-refractivity contribution >= 4 is 15.8 Å². The molecular formula is C19H17F3N2O4S. The van der Waals surface area contributed by atoms with Crippen molar-refractivity contribution in [1.82, 2.24) is 0 Å². The van der Waals surface area contributed by atoms with Crippen LogP contribution in [0.25, 0.3) is 0 Å². The van der Waals surface area contributed by atoms with Gasteiger partial charge in [-0.05, 0) is 48.5 Å². The van der Waals surface area contributed by atoms with E-state index in [-0.39, 0.29) is 18.7 Å². The van der Waals surface area contributed by atoms with E-state index in [0.717, 1.165) is 12.1 Å². The van der Waals surface area contributed by atoms with Crippen LogP contribution in [0.3, 0.4) is 0 Å². The van der Waals surface area contributed by atoms with Gasteiger partial charge in [-0.2, -0.15) is 26.9 Å². The average Bonchev–Trinajstić information content (AvgIpc) is 3.01. The van der Waals surface area contributed by atoms with Crippen molar-refractivity contribution in [3.8, 4) is 11.8 Å². The Morgan fingerprint density at radius 3 is 2.28 bits per heavy atom. The van der Waals surface area contributed by atoms with Crippen molar-refractivity contribution in [2.24, 2.45) is 0 Å². The van der Waals surface area contributed by atoms with Crippen molar-refractivity contribution < 1.29 is 30.9 Å². The molecule has 1 fully saturated rings. The lowest BCUT2D eigenvalue weighted by molar-refractivity contribution is -0.137. The van der Waals surface area contributed by atoms with Crippen LogP contribution < -0.4 is 9.64 Å². The van der Waals surface area contributed by atoms with Crippen LogP contribution in [0, 0.1) is 11.3 Å². The number of hydrogen-bond donors (Lipinski definition) is 1. The number of rotatable bonds is 5. The maximum absolute atomic E-state index is 12.7. The number of nitrogens with zero attached hydrogens (tertiary/aromatic N) is 2. The number of halogens is 3. The van der Waals surface area contributed by atoms with E-state index in [1.165, 1.54) is 12.1 Å². The lowest BCUT2D eigenvalue weighted by atomic mass is 10.2. The molecule has 1 aliphatic rings. The minimum atomic E-state index is -4.45. The Morgan fingerprint density at radius 1 is 1.14 bits per heavy atom. The van der Waals surface area contributed by atoms with Gasteiger partial charge in [0.05, 0.1) is 29.5 Å². The summed E-state index contributed by atoms with van der Waals surface area (Å²) in [6, 6.07) is 12.2. The van der Waals surface area contributed by atoms with Crippen molar-refractivity contribution in [1.29, 1.82) is 5.26 Å². The van der Waals surface area contributed by atoms with Gasteiger partial charge in [-0.15, -0.1) is 0 Å². The van der Waals surface area contributed by atoms with Gasteiger partial charge in [0.15, 0.2) is 0 Å². The number of benzene rings is 2. The molecule has 1 heterocycles. The normalized spacial score (nSPS) is 19.8. The fourth-order valence-corrected chi connectivity index (χ4v) is 4.12. The molecule has 2 aromatic rings. The molecule has 2 atom stereocenters. The van der Waals surface area contributed by atoms with Crippen LogP contribution in [0.1, 0.15) is 17.5 Å². The summed E-state index contributed by atoms with van der Waals surface area (Å²) in [5.74, 6) is -0.282. The molecule has 1 saturated heterocycles. The molecule has 0 aromatic heterocycles. The number of alkyl halides is 3. The molecule has 3 rings (SSSR count). The van der Waals surface area contributed by atoms with Gasteiger partial charge in [-0.3, -0.25) is 4.55 Å². The van der Waals surface area contributed by atoms with Gasteiger partial charge in [0.1, 0.15) is 11.9 Å². The van der Waals surface area contributed by atoms with Crippen LogP contribution in [-0.4, -0.2) is 37.4 Å². The Labute approximate surface area is 165 Å². The van der Waals surface area contributed by atoms with Gasteiger partial charge >= 0.3 is 6.18 Å². The van der Waals surface area contributed by atoms with Crippen LogP contribution in [0.2, 0.25) is 0 Å². The minimum Gasteiger partial charge on any atom is -0.489 e. The summed E-state index contributed by atoms with van der Waals surface area (Å²) in [6.45, 7) is 0.271. The largest absolute Gasteiger partial charge is 0.489 e. The molecule has 0 unspecified atom stereocenters. The van der Waals surface area contributed by atoms with Gasteiger partial charge in [0.25, 0.3) is 10.1 Å². The van der Waals surface area contributed by atoms with Crippen molar-refractivity contribution in [2.75, 3.05) is 17.2 Å². The van der Waals surface area contributed by atoms with E-state index < -0.39 is 39.8 Å². The Kier molecular flexibility index (Phi) is 5.73.